The van der Waals surface area contributed by atoms with E-state index in [0.29, 0.717) is 29.6 Å². The summed E-state index contributed by atoms with van der Waals surface area (Å²) in [6.07, 6.45) is 2.42. The molecule has 3 amide bonds. The molecule has 5 rings (SSSR count). The van der Waals surface area contributed by atoms with Crippen LogP contribution in [0.3, 0.4) is 0 Å². The van der Waals surface area contributed by atoms with Gasteiger partial charge in [-0.05, 0) is 56.4 Å². The number of carbonyl (C=O) groups excluding carboxylic acids is 4. The van der Waals surface area contributed by atoms with Gasteiger partial charge in [-0.15, -0.1) is 0 Å². The summed E-state index contributed by atoms with van der Waals surface area (Å²) in [4.78, 5) is 54.6. The van der Waals surface area contributed by atoms with Gasteiger partial charge in [0, 0.05) is 19.0 Å². The van der Waals surface area contributed by atoms with Crippen molar-refractivity contribution in [2.75, 3.05) is 23.0 Å². The second-order valence-electron chi connectivity index (χ2n) is 9.87. The molecule has 2 heterocycles. The zero-order valence-electron chi connectivity index (χ0n) is 20.5. The average Bonchev–Trinajstić information content (AvgIpc) is 3.37. The van der Waals surface area contributed by atoms with E-state index >= 15 is 0 Å². The van der Waals surface area contributed by atoms with E-state index in [9.17, 15) is 19.2 Å². The van der Waals surface area contributed by atoms with E-state index in [-0.39, 0.29) is 48.3 Å². The number of amides is 3. The van der Waals surface area contributed by atoms with Crippen molar-refractivity contribution >= 4 is 35.1 Å². The fraction of sp³-hybridized carbons (Fsp3) is 0.429. The number of imide groups is 1. The lowest BCUT2D eigenvalue weighted by Crippen LogP contribution is -2.31. The summed E-state index contributed by atoms with van der Waals surface area (Å²) in [5, 5.41) is 0. The van der Waals surface area contributed by atoms with Gasteiger partial charge in [0.15, 0.2) is 0 Å². The van der Waals surface area contributed by atoms with Crippen LogP contribution in [0.2, 0.25) is 0 Å². The molecule has 1 saturated carbocycles. The molecule has 0 radical (unpaired) electrons. The predicted octanol–water partition coefficient (Wildman–Crippen LogP) is 3.97. The van der Waals surface area contributed by atoms with E-state index in [0.717, 1.165) is 19.3 Å². The minimum absolute atomic E-state index is 0.0314. The molecule has 0 N–H and O–H groups in total. The van der Waals surface area contributed by atoms with Gasteiger partial charge in [-0.25, -0.2) is 4.90 Å². The average molecular weight is 491 g/mol. The maximum atomic E-state index is 13.1. The van der Waals surface area contributed by atoms with Crippen LogP contribution in [-0.4, -0.2) is 36.8 Å². The van der Waals surface area contributed by atoms with Gasteiger partial charge in [0.25, 0.3) is 0 Å². The highest BCUT2D eigenvalue weighted by atomic mass is 16.5. The summed E-state index contributed by atoms with van der Waals surface area (Å²) in [6.45, 7) is 4.63. The first kappa shape index (κ1) is 24.0. The van der Waals surface area contributed by atoms with Crippen LogP contribution in [0.1, 0.15) is 39.5 Å². The fourth-order valence-corrected chi connectivity index (χ4v) is 5.59. The molecule has 4 atom stereocenters. The zero-order valence-corrected chi connectivity index (χ0v) is 20.5. The Labute approximate surface area is 210 Å². The predicted molar refractivity (Wildman–Crippen MR) is 133 cm³/mol. The summed E-state index contributed by atoms with van der Waals surface area (Å²) in [5.74, 6) is -0.999. The third-order valence-electron chi connectivity index (χ3n) is 7.40. The third-order valence-corrected chi connectivity index (χ3v) is 7.40. The van der Waals surface area contributed by atoms with Crippen molar-refractivity contribution in [3.8, 4) is 11.5 Å². The molecule has 2 saturated heterocycles. The number of carbonyl (C=O) groups is 4. The lowest BCUT2D eigenvalue weighted by molar-refractivity contribution is -0.139. The van der Waals surface area contributed by atoms with E-state index in [1.165, 1.54) is 4.90 Å². The smallest absolute Gasteiger partial charge is 0.316 e. The molecule has 2 aromatic carbocycles. The number of fused-ring (bicyclic) bond motifs is 1. The number of rotatable bonds is 6. The molecule has 0 aromatic heterocycles. The number of para-hydroxylation sites is 2. The molecule has 1 aliphatic carbocycles. The summed E-state index contributed by atoms with van der Waals surface area (Å²) in [7, 11) is 0. The largest absolute Gasteiger partial charge is 0.492 e. The Morgan fingerprint density at radius 2 is 1.78 bits per heavy atom. The monoisotopic (exact) mass is 490 g/mol. The van der Waals surface area contributed by atoms with E-state index in [2.05, 4.69) is 6.92 Å². The standard InChI is InChI=1S/C28H30N2O6/c1-3-35-24-10-5-4-9-23(24)29-16-18(14-25(29)31)28(34)36-20-8-6-7-19(15-20)30-26(32)21-12-11-17(2)13-22(21)27(30)33/h4-10,15,17-18,21-22H,3,11-14,16H2,1-2H3/t17-,18+,21+,22+/m0/s1. The van der Waals surface area contributed by atoms with Gasteiger partial charge >= 0.3 is 5.97 Å². The third kappa shape index (κ3) is 4.36. The summed E-state index contributed by atoms with van der Waals surface area (Å²) in [6, 6.07) is 13.7. The highest BCUT2D eigenvalue weighted by Gasteiger charge is 2.50. The molecule has 3 fully saturated rings. The van der Waals surface area contributed by atoms with Gasteiger partial charge < -0.3 is 14.4 Å². The van der Waals surface area contributed by atoms with Crippen molar-refractivity contribution < 1.29 is 28.7 Å². The maximum Gasteiger partial charge on any atom is 0.316 e. The van der Waals surface area contributed by atoms with Gasteiger partial charge in [0.2, 0.25) is 17.7 Å². The number of ether oxygens (including phenoxy) is 2. The van der Waals surface area contributed by atoms with Gasteiger partial charge in [0.1, 0.15) is 11.5 Å². The number of benzene rings is 2. The van der Waals surface area contributed by atoms with Crippen LogP contribution in [0, 0.1) is 23.7 Å². The topological polar surface area (TPSA) is 93.2 Å². The minimum atomic E-state index is -0.643. The van der Waals surface area contributed by atoms with Crippen LogP contribution >= 0.6 is 0 Å². The molecular weight excluding hydrogens is 460 g/mol. The van der Waals surface area contributed by atoms with E-state index in [1.54, 1.807) is 41.3 Å². The van der Waals surface area contributed by atoms with Gasteiger partial charge in [-0.1, -0.05) is 25.1 Å². The molecule has 0 unspecified atom stereocenters. The van der Waals surface area contributed by atoms with Crippen LogP contribution in [0.5, 0.6) is 11.5 Å². The molecule has 188 valence electrons. The Hall–Kier alpha value is -3.68. The Morgan fingerprint density at radius 3 is 2.58 bits per heavy atom. The molecular formula is C28H30N2O6. The van der Waals surface area contributed by atoms with Crippen molar-refractivity contribution in [3.05, 3.63) is 48.5 Å². The van der Waals surface area contributed by atoms with E-state index in [4.69, 9.17) is 9.47 Å². The maximum absolute atomic E-state index is 13.1. The van der Waals surface area contributed by atoms with Crippen molar-refractivity contribution in [1.82, 2.24) is 0 Å². The molecule has 8 heteroatoms. The SMILES string of the molecule is CCOc1ccccc1N1C[C@H](C(=O)Oc2cccc(N3C(=O)[C@@H]4CC[C@H](C)C[C@H]4C3=O)c2)CC1=O. The molecule has 8 nitrogen and oxygen atoms in total. The lowest BCUT2D eigenvalue weighted by atomic mass is 9.76. The summed E-state index contributed by atoms with van der Waals surface area (Å²) in [5.41, 5.74) is 1.04. The number of hydrogen-bond acceptors (Lipinski definition) is 6. The fourth-order valence-electron chi connectivity index (χ4n) is 5.59. The quantitative estimate of drug-likeness (QED) is 0.346. The summed E-state index contributed by atoms with van der Waals surface area (Å²) >= 11 is 0. The van der Waals surface area contributed by atoms with Crippen LogP contribution < -0.4 is 19.3 Å². The Bertz CT molecular complexity index is 1210. The summed E-state index contributed by atoms with van der Waals surface area (Å²) < 4.78 is 11.3. The number of anilines is 2. The first-order valence-corrected chi connectivity index (χ1v) is 12.6. The second-order valence-corrected chi connectivity index (χ2v) is 9.87. The first-order chi connectivity index (χ1) is 17.4. The van der Waals surface area contributed by atoms with E-state index in [1.807, 2.05) is 19.1 Å². The Morgan fingerprint density at radius 1 is 1.00 bits per heavy atom. The first-order valence-electron chi connectivity index (χ1n) is 12.6. The van der Waals surface area contributed by atoms with Crippen LogP contribution in [0.25, 0.3) is 0 Å². The second kappa shape index (κ2) is 9.76. The molecule has 0 bridgehead atoms. The van der Waals surface area contributed by atoms with Crippen LogP contribution in [0.4, 0.5) is 11.4 Å². The van der Waals surface area contributed by atoms with Crippen molar-refractivity contribution in [1.29, 1.82) is 0 Å². The molecule has 36 heavy (non-hydrogen) atoms. The van der Waals surface area contributed by atoms with Gasteiger partial charge in [0.05, 0.1) is 35.7 Å². The number of nitrogens with zero attached hydrogens (tertiary/aromatic N) is 2. The van der Waals surface area contributed by atoms with Crippen molar-refractivity contribution in [2.45, 2.75) is 39.5 Å². The van der Waals surface area contributed by atoms with Gasteiger partial charge in [-0.2, -0.15) is 0 Å². The number of hydrogen-bond donors (Lipinski definition) is 0. The van der Waals surface area contributed by atoms with Crippen LogP contribution in [0.15, 0.2) is 48.5 Å². The minimum Gasteiger partial charge on any atom is -0.492 e. The van der Waals surface area contributed by atoms with E-state index < -0.39 is 11.9 Å². The lowest BCUT2D eigenvalue weighted by Gasteiger charge is -2.25. The molecule has 3 aliphatic rings. The zero-order chi connectivity index (χ0) is 25.4. The highest BCUT2D eigenvalue weighted by molar-refractivity contribution is 6.22. The highest BCUT2D eigenvalue weighted by Crippen LogP contribution is 2.42. The van der Waals surface area contributed by atoms with Crippen LogP contribution in [-0.2, 0) is 19.2 Å². The number of esters is 1. The molecule has 2 aliphatic heterocycles. The Balaban J connectivity index is 1.29. The normalized spacial score (nSPS) is 25.8. The van der Waals surface area contributed by atoms with Gasteiger partial charge in [-0.3, -0.25) is 19.2 Å². The molecule has 0 spiro atoms. The molecule has 2 aromatic rings. The van der Waals surface area contributed by atoms with Crippen molar-refractivity contribution in [3.63, 3.8) is 0 Å². The Kier molecular flexibility index (Phi) is 6.51. The van der Waals surface area contributed by atoms with Crippen molar-refractivity contribution in [2.24, 2.45) is 23.7 Å².